The molecule has 0 spiro atoms. The van der Waals surface area contributed by atoms with Crippen LogP contribution in [0.5, 0.6) is 0 Å². The summed E-state index contributed by atoms with van der Waals surface area (Å²) in [7, 11) is 0. The molecule has 1 amide bonds. The lowest BCUT2D eigenvalue weighted by Crippen LogP contribution is -2.68. The van der Waals surface area contributed by atoms with Crippen molar-refractivity contribution in [2.45, 2.75) is 44.9 Å². The summed E-state index contributed by atoms with van der Waals surface area (Å²) in [5.41, 5.74) is 5.05. The lowest BCUT2D eigenvalue weighted by atomic mass is 9.95. The molecular formula is C12H17NO9. The van der Waals surface area contributed by atoms with Gasteiger partial charge in [0.15, 0.2) is 12.2 Å². The molecule has 0 radical (unpaired) electrons. The van der Waals surface area contributed by atoms with Crippen LogP contribution in [0.4, 0.5) is 0 Å². The fourth-order valence-electron chi connectivity index (χ4n) is 1.98. The van der Waals surface area contributed by atoms with Gasteiger partial charge in [-0.15, -0.1) is 0 Å². The van der Waals surface area contributed by atoms with Crippen LogP contribution in [0, 0.1) is 0 Å². The third-order valence-corrected chi connectivity index (χ3v) is 2.78. The predicted octanol–water partition coefficient (Wildman–Crippen LogP) is -2.01. The molecule has 1 aliphatic heterocycles. The quantitative estimate of drug-likeness (QED) is 0.442. The highest BCUT2D eigenvalue weighted by atomic mass is 16.7. The maximum absolute atomic E-state index is 11.4. The minimum atomic E-state index is -2.72. The third-order valence-electron chi connectivity index (χ3n) is 2.78. The Labute approximate surface area is 125 Å². The first-order valence-electron chi connectivity index (χ1n) is 6.25. The summed E-state index contributed by atoms with van der Waals surface area (Å²) < 4.78 is 19.5. The van der Waals surface area contributed by atoms with Crippen LogP contribution in [0.1, 0.15) is 20.8 Å². The van der Waals surface area contributed by atoms with Crippen molar-refractivity contribution < 1.29 is 43.2 Å². The summed E-state index contributed by atoms with van der Waals surface area (Å²) in [4.78, 5) is 44.9. The van der Waals surface area contributed by atoms with Gasteiger partial charge < -0.3 is 29.8 Å². The first-order valence-corrected chi connectivity index (χ1v) is 6.25. The fourth-order valence-corrected chi connectivity index (χ4v) is 1.98. The van der Waals surface area contributed by atoms with E-state index in [1.165, 1.54) is 0 Å². The Bertz CT molecular complexity index is 491. The SMILES string of the molecule is CC(=O)O[C@@H]1[C@@H](OC(C)=O)[C@](O)(C(N)=O)OC[C@H]1OC(C)=O. The Morgan fingerprint density at radius 1 is 1.05 bits per heavy atom. The highest BCUT2D eigenvalue weighted by Gasteiger charge is 2.59. The molecule has 10 nitrogen and oxygen atoms in total. The number of aliphatic hydroxyl groups is 1. The van der Waals surface area contributed by atoms with Crippen molar-refractivity contribution in [1.29, 1.82) is 0 Å². The number of hydrogen-bond donors (Lipinski definition) is 2. The zero-order valence-electron chi connectivity index (χ0n) is 12.2. The summed E-state index contributed by atoms with van der Waals surface area (Å²) in [6.07, 6.45) is -4.44. The molecule has 3 N–H and O–H groups in total. The van der Waals surface area contributed by atoms with Crippen LogP contribution in [0.25, 0.3) is 0 Å². The summed E-state index contributed by atoms with van der Waals surface area (Å²) in [6.45, 7) is 2.66. The molecular weight excluding hydrogens is 302 g/mol. The minimum absolute atomic E-state index is 0.491. The van der Waals surface area contributed by atoms with E-state index in [1.807, 2.05) is 0 Å². The first kappa shape index (κ1) is 17.9. The maximum Gasteiger partial charge on any atom is 0.303 e. The normalized spacial score (nSPS) is 31.0. The van der Waals surface area contributed by atoms with Crippen LogP contribution >= 0.6 is 0 Å². The second kappa shape index (κ2) is 6.71. The van der Waals surface area contributed by atoms with Crippen molar-refractivity contribution in [3.8, 4) is 0 Å². The molecule has 0 bridgehead atoms. The van der Waals surface area contributed by atoms with Gasteiger partial charge in [0.05, 0.1) is 6.61 Å². The molecule has 124 valence electrons. The zero-order chi connectivity index (χ0) is 17.1. The van der Waals surface area contributed by atoms with Gasteiger partial charge in [-0.3, -0.25) is 19.2 Å². The molecule has 22 heavy (non-hydrogen) atoms. The van der Waals surface area contributed by atoms with E-state index in [9.17, 15) is 24.3 Å². The second-order valence-corrected chi connectivity index (χ2v) is 4.62. The first-order chi connectivity index (χ1) is 10.1. The molecule has 0 aromatic heterocycles. The number of carbonyl (C=O) groups excluding carboxylic acids is 4. The molecule has 0 aromatic rings. The third kappa shape index (κ3) is 3.92. The van der Waals surface area contributed by atoms with Crippen LogP contribution in [-0.4, -0.2) is 59.6 Å². The molecule has 1 saturated heterocycles. The van der Waals surface area contributed by atoms with Crippen LogP contribution in [-0.2, 0) is 38.1 Å². The number of ether oxygens (including phenoxy) is 4. The molecule has 1 aliphatic rings. The summed E-state index contributed by atoms with van der Waals surface area (Å²) in [5, 5.41) is 10.2. The van der Waals surface area contributed by atoms with Gasteiger partial charge >= 0.3 is 17.9 Å². The van der Waals surface area contributed by atoms with Crippen molar-refractivity contribution >= 4 is 23.8 Å². The van der Waals surface area contributed by atoms with Crippen LogP contribution in [0.2, 0.25) is 0 Å². The lowest BCUT2D eigenvalue weighted by Gasteiger charge is -2.43. The van der Waals surface area contributed by atoms with Crippen molar-refractivity contribution in [3.63, 3.8) is 0 Å². The smallest absolute Gasteiger partial charge is 0.303 e. The van der Waals surface area contributed by atoms with Crippen LogP contribution < -0.4 is 5.73 Å². The standard InChI is InChI=1S/C12H17NO9/c1-5(14)20-8-4-19-12(18,11(13)17)10(22-7(3)16)9(8)21-6(2)15/h8-10,18H,4H2,1-3H3,(H2,13,17)/t8-,9+,10-,12-/m1/s1. The number of amides is 1. The summed E-state index contributed by atoms with van der Waals surface area (Å²) in [5.74, 6) is -6.50. The molecule has 10 heteroatoms. The Morgan fingerprint density at radius 3 is 1.95 bits per heavy atom. The van der Waals surface area contributed by atoms with Crippen molar-refractivity contribution in [2.75, 3.05) is 6.61 Å². The number of hydrogen-bond acceptors (Lipinski definition) is 9. The predicted molar refractivity (Wildman–Crippen MR) is 66.8 cm³/mol. The van der Waals surface area contributed by atoms with Gasteiger partial charge in [0.2, 0.25) is 6.10 Å². The molecule has 0 aromatic carbocycles. The van der Waals surface area contributed by atoms with Crippen molar-refractivity contribution in [3.05, 3.63) is 0 Å². The Morgan fingerprint density at radius 2 is 1.55 bits per heavy atom. The fraction of sp³-hybridized carbons (Fsp3) is 0.667. The lowest BCUT2D eigenvalue weighted by molar-refractivity contribution is -0.308. The van der Waals surface area contributed by atoms with E-state index >= 15 is 0 Å². The highest BCUT2D eigenvalue weighted by Crippen LogP contribution is 2.30. The summed E-state index contributed by atoms with van der Waals surface area (Å²) in [6, 6.07) is 0. The average molecular weight is 319 g/mol. The second-order valence-electron chi connectivity index (χ2n) is 4.62. The number of rotatable bonds is 4. The average Bonchev–Trinajstić information content (AvgIpc) is 2.35. The topological polar surface area (TPSA) is 151 Å². The van der Waals surface area contributed by atoms with E-state index in [4.69, 9.17) is 24.7 Å². The van der Waals surface area contributed by atoms with Gasteiger partial charge in [0, 0.05) is 20.8 Å². The van der Waals surface area contributed by atoms with E-state index < -0.39 is 54.5 Å². The molecule has 0 unspecified atom stereocenters. The van der Waals surface area contributed by atoms with E-state index in [0.717, 1.165) is 20.8 Å². The maximum atomic E-state index is 11.4. The van der Waals surface area contributed by atoms with Crippen molar-refractivity contribution in [1.82, 2.24) is 0 Å². The van der Waals surface area contributed by atoms with Gasteiger partial charge in [-0.05, 0) is 0 Å². The minimum Gasteiger partial charge on any atom is -0.456 e. The number of carbonyl (C=O) groups is 4. The molecule has 1 fully saturated rings. The van der Waals surface area contributed by atoms with Crippen LogP contribution in [0.15, 0.2) is 0 Å². The van der Waals surface area contributed by atoms with Gasteiger partial charge in [-0.1, -0.05) is 0 Å². The van der Waals surface area contributed by atoms with Crippen molar-refractivity contribution in [2.24, 2.45) is 5.73 Å². The molecule has 1 rings (SSSR count). The highest BCUT2D eigenvalue weighted by molar-refractivity contribution is 5.83. The Balaban J connectivity index is 3.21. The largest absolute Gasteiger partial charge is 0.456 e. The molecule has 0 saturated carbocycles. The van der Waals surface area contributed by atoms with Gasteiger partial charge in [-0.2, -0.15) is 0 Å². The van der Waals surface area contributed by atoms with Gasteiger partial charge in [0.1, 0.15) is 0 Å². The molecule has 1 heterocycles. The Kier molecular flexibility index (Phi) is 5.44. The van der Waals surface area contributed by atoms with Gasteiger partial charge in [-0.25, -0.2) is 0 Å². The van der Waals surface area contributed by atoms with E-state index in [0.29, 0.717) is 0 Å². The van der Waals surface area contributed by atoms with E-state index in [-0.39, 0.29) is 0 Å². The monoisotopic (exact) mass is 319 g/mol. The van der Waals surface area contributed by atoms with E-state index in [1.54, 1.807) is 0 Å². The number of primary amides is 1. The number of esters is 3. The summed E-state index contributed by atoms with van der Waals surface area (Å²) >= 11 is 0. The van der Waals surface area contributed by atoms with Crippen LogP contribution in [0.3, 0.4) is 0 Å². The molecule has 0 aliphatic carbocycles. The van der Waals surface area contributed by atoms with E-state index in [2.05, 4.69) is 0 Å². The Hall–Kier alpha value is -2.20. The molecule has 4 atom stereocenters. The van der Waals surface area contributed by atoms with Gasteiger partial charge in [0.25, 0.3) is 11.7 Å². The zero-order valence-corrected chi connectivity index (χ0v) is 12.2. The number of nitrogens with two attached hydrogens (primary N) is 1.